The lowest BCUT2D eigenvalue weighted by atomic mass is 9.81. The summed E-state index contributed by atoms with van der Waals surface area (Å²) in [6.45, 7) is 4.10. The van der Waals surface area contributed by atoms with Gasteiger partial charge in [-0.25, -0.2) is 9.97 Å². The lowest BCUT2D eigenvalue weighted by molar-refractivity contribution is -0.133. The van der Waals surface area contributed by atoms with Crippen molar-refractivity contribution >= 4 is 28.8 Å². The van der Waals surface area contributed by atoms with Crippen LogP contribution < -0.4 is 0 Å². The molecule has 1 saturated heterocycles. The van der Waals surface area contributed by atoms with Crippen molar-refractivity contribution in [3.05, 3.63) is 34.3 Å². The van der Waals surface area contributed by atoms with Crippen LogP contribution in [0.4, 0.5) is 0 Å². The van der Waals surface area contributed by atoms with Gasteiger partial charge in [0.05, 0.1) is 12.5 Å². The molecule has 5 nitrogen and oxygen atoms in total. The van der Waals surface area contributed by atoms with Gasteiger partial charge in [-0.1, -0.05) is 18.5 Å². The van der Waals surface area contributed by atoms with Crippen LogP contribution in [0.2, 0.25) is 4.34 Å². The Hall–Kier alpha value is -1.40. The molecule has 0 radical (unpaired) electrons. The summed E-state index contributed by atoms with van der Waals surface area (Å²) in [4.78, 5) is 22.6. The molecule has 1 aliphatic heterocycles. The molecule has 2 aromatic heterocycles. The van der Waals surface area contributed by atoms with E-state index >= 15 is 0 Å². The molecule has 7 heteroatoms. The lowest BCUT2D eigenvalue weighted by Gasteiger charge is -2.38. The molecular formula is C14H17ClN4OS. The van der Waals surface area contributed by atoms with Gasteiger partial charge in [-0.2, -0.15) is 0 Å². The first-order chi connectivity index (χ1) is 10.1. The van der Waals surface area contributed by atoms with Crippen molar-refractivity contribution in [3.8, 4) is 0 Å². The average molecular weight is 325 g/mol. The van der Waals surface area contributed by atoms with E-state index in [-0.39, 0.29) is 11.3 Å². The molecule has 0 atom stereocenters. The lowest BCUT2D eigenvalue weighted by Crippen LogP contribution is -2.44. The van der Waals surface area contributed by atoms with Crippen LogP contribution >= 0.6 is 22.9 Å². The summed E-state index contributed by atoms with van der Waals surface area (Å²) in [5.41, 5.74) is 0.0313. The van der Waals surface area contributed by atoms with Crippen molar-refractivity contribution in [1.29, 1.82) is 0 Å². The van der Waals surface area contributed by atoms with Gasteiger partial charge in [0, 0.05) is 30.9 Å². The van der Waals surface area contributed by atoms with Crippen molar-refractivity contribution in [2.24, 2.45) is 0 Å². The fourth-order valence-electron chi connectivity index (χ4n) is 2.63. The van der Waals surface area contributed by atoms with Crippen molar-refractivity contribution in [3.63, 3.8) is 0 Å². The number of rotatable bonds is 3. The molecule has 0 aliphatic carbocycles. The van der Waals surface area contributed by atoms with Crippen molar-refractivity contribution < 1.29 is 4.79 Å². The van der Waals surface area contributed by atoms with Gasteiger partial charge in [0.2, 0.25) is 5.91 Å². The Morgan fingerprint density at radius 3 is 2.81 bits per heavy atom. The average Bonchev–Trinajstić information content (AvgIpc) is 3.11. The van der Waals surface area contributed by atoms with Crippen molar-refractivity contribution in [2.45, 2.75) is 31.7 Å². The topological polar surface area (TPSA) is 51.0 Å². The van der Waals surface area contributed by atoms with Crippen LogP contribution in [0.25, 0.3) is 0 Å². The van der Waals surface area contributed by atoms with E-state index in [1.165, 1.54) is 0 Å². The minimum atomic E-state index is 0.0313. The molecule has 2 aromatic rings. The SMILES string of the molecule is CC1(c2ncc(Cl)s2)CCN(C(=O)Cn2ccnc2)CC1. The highest BCUT2D eigenvalue weighted by Crippen LogP contribution is 2.38. The van der Waals surface area contributed by atoms with Crippen molar-refractivity contribution in [1.82, 2.24) is 19.4 Å². The van der Waals surface area contributed by atoms with Crippen LogP contribution in [-0.2, 0) is 16.8 Å². The van der Waals surface area contributed by atoms with Crippen LogP contribution in [-0.4, -0.2) is 38.4 Å². The number of likely N-dealkylation sites (tertiary alicyclic amines) is 1. The van der Waals surface area contributed by atoms with Gasteiger partial charge in [0.25, 0.3) is 0 Å². The third kappa shape index (κ3) is 3.11. The number of aromatic nitrogens is 3. The highest BCUT2D eigenvalue weighted by molar-refractivity contribution is 7.15. The Kier molecular flexibility index (Phi) is 3.99. The Labute approximate surface area is 132 Å². The second kappa shape index (κ2) is 5.77. The van der Waals surface area contributed by atoms with Gasteiger partial charge in [-0.3, -0.25) is 4.79 Å². The molecule has 0 saturated carbocycles. The zero-order valence-electron chi connectivity index (χ0n) is 11.8. The summed E-state index contributed by atoms with van der Waals surface area (Å²) in [7, 11) is 0. The van der Waals surface area contributed by atoms with Crippen LogP contribution in [0.3, 0.4) is 0 Å². The van der Waals surface area contributed by atoms with E-state index in [0.29, 0.717) is 6.54 Å². The standard InChI is InChI=1S/C14H17ClN4OS/c1-14(13-17-8-11(15)21-13)2-5-19(6-3-14)12(20)9-18-7-4-16-10-18/h4,7-8,10H,2-3,5-6,9H2,1H3. The highest BCUT2D eigenvalue weighted by atomic mass is 35.5. The minimum Gasteiger partial charge on any atom is -0.341 e. The smallest absolute Gasteiger partial charge is 0.242 e. The number of hydrogen-bond donors (Lipinski definition) is 0. The maximum atomic E-state index is 12.3. The van der Waals surface area contributed by atoms with E-state index in [1.54, 1.807) is 34.6 Å². The Morgan fingerprint density at radius 1 is 1.48 bits per heavy atom. The fraction of sp³-hybridized carbons (Fsp3) is 0.500. The van der Waals surface area contributed by atoms with Crippen LogP contribution in [0, 0.1) is 0 Å². The van der Waals surface area contributed by atoms with Crippen molar-refractivity contribution in [2.75, 3.05) is 13.1 Å². The van der Waals surface area contributed by atoms with E-state index < -0.39 is 0 Å². The zero-order valence-corrected chi connectivity index (χ0v) is 13.4. The Bertz CT molecular complexity index is 617. The molecule has 21 heavy (non-hydrogen) atoms. The number of carbonyl (C=O) groups excluding carboxylic acids is 1. The second-order valence-electron chi connectivity index (χ2n) is 5.65. The molecule has 0 spiro atoms. The molecule has 3 rings (SSSR count). The number of halogens is 1. The van der Waals surface area contributed by atoms with Gasteiger partial charge >= 0.3 is 0 Å². The predicted molar refractivity (Wildman–Crippen MR) is 82.5 cm³/mol. The third-order valence-electron chi connectivity index (χ3n) is 4.09. The first-order valence-electron chi connectivity index (χ1n) is 6.92. The van der Waals surface area contributed by atoms with Crippen LogP contribution in [0.5, 0.6) is 0 Å². The zero-order chi connectivity index (χ0) is 14.9. The number of thiazole rings is 1. The highest BCUT2D eigenvalue weighted by Gasteiger charge is 2.35. The first-order valence-corrected chi connectivity index (χ1v) is 8.12. The molecule has 0 unspecified atom stereocenters. The third-order valence-corrected chi connectivity index (χ3v) is 5.51. The van der Waals surface area contributed by atoms with Gasteiger partial charge < -0.3 is 9.47 Å². The van der Waals surface area contributed by atoms with E-state index in [1.807, 2.05) is 11.1 Å². The van der Waals surface area contributed by atoms with E-state index in [9.17, 15) is 4.79 Å². The number of imidazole rings is 1. The Balaban J connectivity index is 1.61. The number of piperidine rings is 1. The normalized spacial score (nSPS) is 17.9. The van der Waals surface area contributed by atoms with Gasteiger partial charge in [-0.05, 0) is 12.8 Å². The van der Waals surface area contributed by atoms with Gasteiger partial charge in [0.1, 0.15) is 15.9 Å². The van der Waals surface area contributed by atoms with E-state index in [0.717, 1.165) is 35.3 Å². The Morgan fingerprint density at radius 2 is 2.24 bits per heavy atom. The molecular weight excluding hydrogens is 308 g/mol. The van der Waals surface area contributed by atoms with Crippen LogP contribution in [0.1, 0.15) is 24.8 Å². The largest absolute Gasteiger partial charge is 0.341 e. The molecule has 0 N–H and O–H groups in total. The van der Waals surface area contributed by atoms with E-state index in [4.69, 9.17) is 11.6 Å². The molecule has 0 bridgehead atoms. The number of carbonyl (C=O) groups is 1. The molecule has 0 aromatic carbocycles. The second-order valence-corrected chi connectivity index (χ2v) is 7.31. The maximum Gasteiger partial charge on any atom is 0.242 e. The summed E-state index contributed by atoms with van der Waals surface area (Å²) in [5, 5.41) is 1.08. The maximum absolute atomic E-state index is 12.3. The van der Waals surface area contributed by atoms with E-state index in [2.05, 4.69) is 16.9 Å². The first kappa shape index (κ1) is 14.5. The molecule has 112 valence electrons. The quantitative estimate of drug-likeness (QED) is 0.872. The monoisotopic (exact) mass is 324 g/mol. The predicted octanol–water partition coefficient (Wildman–Crippen LogP) is 2.57. The summed E-state index contributed by atoms with van der Waals surface area (Å²) in [6, 6.07) is 0. The van der Waals surface area contributed by atoms with Gasteiger partial charge in [0.15, 0.2) is 0 Å². The minimum absolute atomic E-state index is 0.0313. The summed E-state index contributed by atoms with van der Waals surface area (Å²) in [6.07, 6.45) is 8.72. The molecule has 3 heterocycles. The summed E-state index contributed by atoms with van der Waals surface area (Å²) in [5.74, 6) is 0.146. The van der Waals surface area contributed by atoms with Crippen LogP contribution in [0.15, 0.2) is 24.9 Å². The molecule has 1 amide bonds. The summed E-state index contributed by atoms with van der Waals surface area (Å²) < 4.78 is 2.53. The van der Waals surface area contributed by atoms with Gasteiger partial charge in [-0.15, -0.1) is 11.3 Å². The summed E-state index contributed by atoms with van der Waals surface area (Å²) >= 11 is 7.53. The molecule has 1 aliphatic rings. The number of nitrogens with zero attached hydrogens (tertiary/aromatic N) is 4. The number of hydrogen-bond acceptors (Lipinski definition) is 4. The fourth-order valence-corrected chi connectivity index (χ4v) is 3.75. The number of amides is 1. The molecule has 1 fully saturated rings.